The van der Waals surface area contributed by atoms with Crippen LogP contribution < -0.4 is 9.47 Å². The van der Waals surface area contributed by atoms with Crippen LogP contribution in [0.2, 0.25) is 0 Å². The number of pyridine rings is 1. The number of halogens is 1. The van der Waals surface area contributed by atoms with Gasteiger partial charge in [0.2, 0.25) is 15.9 Å². The molecule has 0 spiro atoms. The molecule has 4 rings (SSSR count). The van der Waals surface area contributed by atoms with Gasteiger partial charge < -0.3 is 9.47 Å². The maximum absolute atomic E-state index is 14.0. The van der Waals surface area contributed by atoms with E-state index in [9.17, 15) is 12.8 Å². The van der Waals surface area contributed by atoms with Crippen LogP contribution in [0.5, 0.6) is 11.6 Å². The van der Waals surface area contributed by atoms with Gasteiger partial charge in [0.25, 0.3) is 0 Å². The minimum absolute atomic E-state index is 0.0272. The quantitative estimate of drug-likeness (QED) is 0.783. The number of piperidine rings is 1. The molecule has 2 atom stereocenters. The molecule has 0 N–H and O–H groups in total. The molecule has 2 aliphatic heterocycles. The van der Waals surface area contributed by atoms with Gasteiger partial charge in [-0.1, -0.05) is 6.07 Å². The number of nitrogens with zero attached hydrogens (tertiary/aromatic N) is 2. The number of benzene rings is 1. The van der Waals surface area contributed by atoms with Crippen molar-refractivity contribution < 1.29 is 22.3 Å². The van der Waals surface area contributed by atoms with Gasteiger partial charge in [-0.2, -0.15) is 4.31 Å². The van der Waals surface area contributed by atoms with Crippen molar-refractivity contribution in [2.24, 2.45) is 0 Å². The van der Waals surface area contributed by atoms with Crippen molar-refractivity contribution in [1.82, 2.24) is 9.29 Å². The minimum atomic E-state index is -3.78. The number of fused-ring (bicyclic) bond motifs is 2. The molecule has 1 aromatic carbocycles. The molecule has 8 heteroatoms. The maximum atomic E-state index is 14.0. The summed E-state index contributed by atoms with van der Waals surface area (Å²) in [6.45, 7) is 0. The fraction of sp³-hybridized carbons (Fsp3) is 0.421. The standard InChI is InChI=1S/C19H21FN2O4S/c1-25-18-8-7-16(12-17(18)20)27(23,24)22-13-5-6-14(22)11-15(10-13)26-19-4-2-3-9-21-19/h2-4,7-9,12-15H,5-6,10-11H2,1H3/t13-,14-/m0/s1. The summed E-state index contributed by atoms with van der Waals surface area (Å²) in [6, 6.07) is 8.96. The summed E-state index contributed by atoms with van der Waals surface area (Å²) in [4.78, 5) is 4.14. The molecule has 2 saturated heterocycles. The largest absolute Gasteiger partial charge is 0.494 e. The Morgan fingerprint density at radius 3 is 2.48 bits per heavy atom. The SMILES string of the molecule is COc1ccc(S(=O)(=O)N2[C@H]3CC[C@H]2CC(Oc2ccccn2)C3)cc1F. The van der Waals surface area contributed by atoms with E-state index < -0.39 is 15.8 Å². The van der Waals surface area contributed by atoms with E-state index in [2.05, 4.69) is 4.98 Å². The lowest BCUT2D eigenvalue weighted by Crippen LogP contribution is -2.49. The summed E-state index contributed by atoms with van der Waals surface area (Å²) < 4.78 is 52.7. The topological polar surface area (TPSA) is 68.7 Å². The van der Waals surface area contributed by atoms with E-state index in [1.807, 2.05) is 12.1 Å². The van der Waals surface area contributed by atoms with Gasteiger partial charge in [0.05, 0.1) is 12.0 Å². The first-order valence-corrected chi connectivity index (χ1v) is 10.4. The van der Waals surface area contributed by atoms with Crippen LogP contribution >= 0.6 is 0 Å². The monoisotopic (exact) mass is 392 g/mol. The molecule has 3 heterocycles. The molecule has 6 nitrogen and oxygen atoms in total. The highest BCUT2D eigenvalue weighted by Crippen LogP contribution is 2.41. The van der Waals surface area contributed by atoms with Gasteiger partial charge in [-0.15, -0.1) is 0 Å². The number of methoxy groups -OCH3 is 1. The molecule has 2 aliphatic rings. The summed E-state index contributed by atoms with van der Waals surface area (Å²) in [6.07, 6.45) is 4.36. The third kappa shape index (κ3) is 3.39. The Morgan fingerprint density at radius 2 is 1.89 bits per heavy atom. The first-order valence-electron chi connectivity index (χ1n) is 8.94. The molecular formula is C19H21FN2O4S. The van der Waals surface area contributed by atoms with E-state index in [-0.39, 0.29) is 28.8 Å². The van der Waals surface area contributed by atoms with Crippen molar-refractivity contribution in [3.05, 3.63) is 48.4 Å². The van der Waals surface area contributed by atoms with Crippen molar-refractivity contribution in [3.8, 4) is 11.6 Å². The van der Waals surface area contributed by atoms with Gasteiger partial charge in [-0.05, 0) is 37.1 Å². The Hall–Kier alpha value is -2.19. The van der Waals surface area contributed by atoms with Gasteiger partial charge in [0.15, 0.2) is 11.6 Å². The van der Waals surface area contributed by atoms with Crippen molar-refractivity contribution in [1.29, 1.82) is 0 Å². The zero-order valence-corrected chi connectivity index (χ0v) is 15.7. The van der Waals surface area contributed by atoms with Crippen LogP contribution in [0.1, 0.15) is 25.7 Å². The second-order valence-corrected chi connectivity index (χ2v) is 8.74. The van der Waals surface area contributed by atoms with Crippen LogP contribution in [0.3, 0.4) is 0 Å². The number of aromatic nitrogens is 1. The summed E-state index contributed by atoms with van der Waals surface area (Å²) in [5.41, 5.74) is 0. The van der Waals surface area contributed by atoms with Crippen LogP contribution in [-0.4, -0.2) is 43.0 Å². The van der Waals surface area contributed by atoms with E-state index in [0.29, 0.717) is 18.7 Å². The average molecular weight is 392 g/mol. The zero-order chi connectivity index (χ0) is 19.0. The van der Waals surface area contributed by atoms with Crippen LogP contribution in [0, 0.1) is 5.82 Å². The number of hydrogen-bond donors (Lipinski definition) is 0. The van der Waals surface area contributed by atoms with Crippen molar-refractivity contribution >= 4 is 10.0 Å². The maximum Gasteiger partial charge on any atom is 0.243 e. The average Bonchev–Trinajstić information content (AvgIpc) is 2.95. The molecule has 2 bridgehead atoms. The normalized spacial score (nSPS) is 25.3. The highest BCUT2D eigenvalue weighted by atomic mass is 32.2. The third-order valence-electron chi connectivity index (χ3n) is 5.25. The highest BCUT2D eigenvalue weighted by Gasteiger charge is 2.48. The van der Waals surface area contributed by atoms with E-state index in [0.717, 1.165) is 18.9 Å². The Morgan fingerprint density at radius 1 is 1.15 bits per heavy atom. The van der Waals surface area contributed by atoms with Gasteiger partial charge in [-0.25, -0.2) is 17.8 Å². The van der Waals surface area contributed by atoms with E-state index in [4.69, 9.17) is 9.47 Å². The predicted octanol–water partition coefficient (Wildman–Crippen LogP) is 2.99. The molecule has 0 aliphatic carbocycles. The summed E-state index contributed by atoms with van der Waals surface area (Å²) >= 11 is 0. The minimum Gasteiger partial charge on any atom is -0.494 e. The summed E-state index contributed by atoms with van der Waals surface area (Å²) in [5, 5.41) is 0. The Balaban J connectivity index is 1.54. The van der Waals surface area contributed by atoms with Crippen LogP contribution in [0.4, 0.5) is 4.39 Å². The van der Waals surface area contributed by atoms with Crippen molar-refractivity contribution in [3.63, 3.8) is 0 Å². The lowest BCUT2D eigenvalue weighted by molar-refractivity contribution is 0.0918. The Labute approximate surface area is 158 Å². The lowest BCUT2D eigenvalue weighted by Gasteiger charge is -2.37. The third-order valence-corrected chi connectivity index (χ3v) is 7.25. The first kappa shape index (κ1) is 18.2. The molecule has 0 saturated carbocycles. The highest BCUT2D eigenvalue weighted by molar-refractivity contribution is 7.89. The van der Waals surface area contributed by atoms with E-state index in [1.165, 1.54) is 19.2 Å². The summed E-state index contributed by atoms with van der Waals surface area (Å²) in [7, 11) is -2.43. The number of rotatable bonds is 5. The molecule has 0 radical (unpaired) electrons. The molecule has 27 heavy (non-hydrogen) atoms. The molecule has 0 unspecified atom stereocenters. The van der Waals surface area contributed by atoms with Crippen LogP contribution in [0.15, 0.2) is 47.5 Å². The summed E-state index contributed by atoms with van der Waals surface area (Å²) in [5.74, 6) is -0.103. The molecular weight excluding hydrogens is 371 g/mol. The van der Waals surface area contributed by atoms with Gasteiger partial charge >= 0.3 is 0 Å². The predicted molar refractivity (Wildman–Crippen MR) is 96.7 cm³/mol. The molecule has 144 valence electrons. The van der Waals surface area contributed by atoms with Gasteiger partial charge in [0.1, 0.15) is 6.10 Å². The van der Waals surface area contributed by atoms with Crippen molar-refractivity contribution in [2.75, 3.05) is 7.11 Å². The Kier molecular flexibility index (Phi) is 4.77. The molecule has 2 fully saturated rings. The van der Waals surface area contributed by atoms with Crippen LogP contribution in [0.25, 0.3) is 0 Å². The molecule has 2 aromatic rings. The molecule has 0 amide bonds. The second-order valence-electron chi connectivity index (χ2n) is 6.90. The first-order chi connectivity index (χ1) is 13.0. The number of hydrogen-bond acceptors (Lipinski definition) is 5. The van der Waals surface area contributed by atoms with Crippen molar-refractivity contribution in [2.45, 2.75) is 48.8 Å². The fourth-order valence-corrected chi connectivity index (χ4v) is 5.99. The van der Waals surface area contributed by atoms with E-state index in [1.54, 1.807) is 16.6 Å². The smallest absolute Gasteiger partial charge is 0.243 e. The van der Waals surface area contributed by atoms with Gasteiger partial charge in [0, 0.05) is 37.2 Å². The van der Waals surface area contributed by atoms with E-state index >= 15 is 0 Å². The lowest BCUT2D eigenvalue weighted by atomic mass is 10.0. The van der Waals surface area contributed by atoms with Crippen LogP contribution in [-0.2, 0) is 10.0 Å². The second kappa shape index (κ2) is 7.09. The van der Waals surface area contributed by atoms with Gasteiger partial charge in [-0.3, -0.25) is 0 Å². The zero-order valence-electron chi connectivity index (χ0n) is 14.9. The Bertz CT molecular complexity index is 909. The fourth-order valence-electron chi connectivity index (χ4n) is 4.09. The molecule has 1 aromatic heterocycles. The number of ether oxygens (including phenoxy) is 2. The number of sulfonamides is 1.